The van der Waals surface area contributed by atoms with Gasteiger partial charge < -0.3 is 20.3 Å². The number of methoxy groups -OCH3 is 1. The van der Waals surface area contributed by atoms with Crippen LogP contribution in [-0.2, 0) is 14.3 Å². The van der Waals surface area contributed by atoms with E-state index in [9.17, 15) is 9.59 Å². The molecule has 0 bridgehead atoms. The average molecular weight is 468 g/mol. The monoisotopic (exact) mass is 466 g/mol. The quantitative estimate of drug-likeness (QED) is 0.696. The van der Waals surface area contributed by atoms with Gasteiger partial charge in [-0.05, 0) is 50.9 Å². The van der Waals surface area contributed by atoms with Crippen LogP contribution in [0.25, 0.3) is 0 Å². The van der Waals surface area contributed by atoms with Gasteiger partial charge in [-0.1, -0.05) is 11.6 Å². The predicted octanol–water partition coefficient (Wildman–Crippen LogP) is 2.77. The van der Waals surface area contributed by atoms with Gasteiger partial charge in [0.2, 0.25) is 11.8 Å². The summed E-state index contributed by atoms with van der Waals surface area (Å²) in [4.78, 5) is 31.7. The summed E-state index contributed by atoms with van der Waals surface area (Å²) >= 11 is 5.81. The van der Waals surface area contributed by atoms with Crippen molar-refractivity contribution in [2.24, 2.45) is 11.3 Å². The van der Waals surface area contributed by atoms with Gasteiger partial charge in [0.25, 0.3) is 0 Å². The first-order chi connectivity index (χ1) is 13.0. The van der Waals surface area contributed by atoms with Gasteiger partial charge in [-0.3, -0.25) is 9.59 Å². The molecular formula is C19H29Cl3N4O3. The van der Waals surface area contributed by atoms with Crippen molar-refractivity contribution in [3.63, 3.8) is 0 Å². The van der Waals surface area contributed by atoms with Crippen LogP contribution in [0.3, 0.4) is 0 Å². The van der Waals surface area contributed by atoms with E-state index in [2.05, 4.69) is 15.6 Å². The summed E-state index contributed by atoms with van der Waals surface area (Å²) < 4.78 is 5.38. The third kappa shape index (κ3) is 6.43. The summed E-state index contributed by atoms with van der Waals surface area (Å²) in [6.45, 7) is 3.33. The molecule has 2 amide bonds. The number of likely N-dealkylation sites (tertiary alicyclic amines) is 1. The second-order valence-electron chi connectivity index (χ2n) is 7.38. The Balaban J connectivity index is 0.00000210. The van der Waals surface area contributed by atoms with Gasteiger partial charge in [-0.25, -0.2) is 4.98 Å². The Bertz CT molecular complexity index is 656. The highest BCUT2D eigenvalue weighted by Gasteiger charge is 2.43. The highest BCUT2D eigenvalue weighted by Crippen LogP contribution is 2.33. The molecule has 29 heavy (non-hydrogen) atoms. The lowest BCUT2D eigenvalue weighted by molar-refractivity contribution is -0.149. The fourth-order valence-corrected chi connectivity index (χ4v) is 4.07. The Labute approximate surface area is 189 Å². The fraction of sp³-hybridized carbons (Fsp3) is 0.632. The molecule has 0 radical (unpaired) electrons. The molecule has 0 aliphatic carbocycles. The molecule has 7 nitrogen and oxygen atoms in total. The van der Waals surface area contributed by atoms with Gasteiger partial charge in [0.1, 0.15) is 5.82 Å². The minimum atomic E-state index is -0.428. The molecule has 3 heterocycles. The number of nitrogens with zero attached hydrogens (tertiary/aromatic N) is 2. The second-order valence-corrected chi connectivity index (χ2v) is 7.82. The minimum absolute atomic E-state index is 0. The Hall–Kier alpha value is -1.12. The van der Waals surface area contributed by atoms with Crippen molar-refractivity contribution >= 4 is 54.0 Å². The lowest BCUT2D eigenvalue weighted by atomic mass is 9.77. The first kappa shape index (κ1) is 25.9. The lowest BCUT2D eigenvalue weighted by Gasteiger charge is -2.41. The number of rotatable bonds is 5. The number of anilines is 1. The fourth-order valence-electron chi connectivity index (χ4n) is 3.96. The molecule has 2 N–H and O–H groups in total. The molecule has 3 rings (SSSR count). The van der Waals surface area contributed by atoms with E-state index in [4.69, 9.17) is 16.3 Å². The Morgan fingerprint density at radius 1 is 1.28 bits per heavy atom. The number of aromatic nitrogens is 1. The summed E-state index contributed by atoms with van der Waals surface area (Å²) in [5.74, 6) is 0.504. The van der Waals surface area contributed by atoms with Crippen molar-refractivity contribution in [3.05, 3.63) is 23.4 Å². The molecule has 2 saturated heterocycles. The Kier molecular flexibility index (Phi) is 10.6. The lowest BCUT2D eigenvalue weighted by Crippen LogP contribution is -2.53. The first-order valence-corrected chi connectivity index (χ1v) is 9.83. The molecule has 1 aromatic heterocycles. The van der Waals surface area contributed by atoms with Crippen LogP contribution >= 0.6 is 36.4 Å². The molecule has 2 aliphatic heterocycles. The SMILES string of the molecule is COCC1(C(=O)N2CCC(C(=O)Nc3ccc(Cl)cn3)CC2)CCNCC1.Cl.Cl. The van der Waals surface area contributed by atoms with Crippen LogP contribution in [0.4, 0.5) is 5.82 Å². The van der Waals surface area contributed by atoms with E-state index in [1.165, 1.54) is 6.20 Å². The van der Waals surface area contributed by atoms with Crippen LogP contribution in [0.15, 0.2) is 18.3 Å². The van der Waals surface area contributed by atoms with Crippen molar-refractivity contribution in [3.8, 4) is 0 Å². The molecule has 1 aromatic rings. The minimum Gasteiger partial charge on any atom is -0.384 e. The summed E-state index contributed by atoms with van der Waals surface area (Å²) in [7, 11) is 1.65. The van der Waals surface area contributed by atoms with Gasteiger partial charge in [-0.15, -0.1) is 24.8 Å². The van der Waals surface area contributed by atoms with Crippen LogP contribution in [-0.4, -0.2) is 61.6 Å². The first-order valence-electron chi connectivity index (χ1n) is 9.45. The second kappa shape index (κ2) is 11.9. The topological polar surface area (TPSA) is 83.6 Å². The van der Waals surface area contributed by atoms with E-state index in [-0.39, 0.29) is 42.5 Å². The van der Waals surface area contributed by atoms with Crippen molar-refractivity contribution in [1.82, 2.24) is 15.2 Å². The molecule has 2 fully saturated rings. The van der Waals surface area contributed by atoms with E-state index >= 15 is 0 Å². The maximum atomic E-state index is 13.2. The van der Waals surface area contributed by atoms with Gasteiger partial charge in [-0.2, -0.15) is 0 Å². The number of hydrogen-bond donors (Lipinski definition) is 2. The van der Waals surface area contributed by atoms with Crippen LogP contribution in [0, 0.1) is 11.3 Å². The van der Waals surface area contributed by atoms with Gasteiger partial charge in [0, 0.05) is 32.3 Å². The maximum Gasteiger partial charge on any atom is 0.231 e. The van der Waals surface area contributed by atoms with Crippen molar-refractivity contribution in [2.45, 2.75) is 25.7 Å². The van der Waals surface area contributed by atoms with Gasteiger partial charge in [0.15, 0.2) is 0 Å². The van der Waals surface area contributed by atoms with Gasteiger partial charge in [0.05, 0.1) is 17.0 Å². The molecule has 10 heteroatoms. The zero-order valence-electron chi connectivity index (χ0n) is 16.5. The highest BCUT2D eigenvalue weighted by molar-refractivity contribution is 6.30. The highest BCUT2D eigenvalue weighted by atomic mass is 35.5. The van der Waals surface area contributed by atoms with E-state index in [0.717, 1.165) is 25.9 Å². The summed E-state index contributed by atoms with van der Waals surface area (Å²) in [6.07, 6.45) is 4.41. The molecule has 0 atom stereocenters. The average Bonchev–Trinajstić information content (AvgIpc) is 2.70. The maximum absolute atomic E-state index is 13.2. The zero-order chi connectivity index (χ0) is 19.3. The van der Waals surface area contributed by atoms with E-state index in [0.29, 0.717) is 43.4 Å². The molecular weight excluding hydrogens is 439 g/mol. The number of pyridine rings is 1. The standard InChI is InChI=1S/C19H27ClN4O3.2ClH/c1-27-13-19(6-8-21-9-7-19)18(26)24-10-4-14(5-11-24)17(25)23-16-3-2-15(20)12-22-16;;/h2-3,12,14,21H,4-11,13H2,1H3,(H,22,23,25);2*1H. The van der Waals surface area contributed by atoms with Crippen molar-refractivity contribution < 1.29 is 14.3 Å². The van der Waals surface area contributed by atoms with E-state index in [1.54, 1.807) is 19.2 Å². The van der Waals surface area contributed by atoms with Crippen molar-refractivity contribution in [2.75, 3.05) is 45.2 Å². The molecule has 0 aromatic carbocycles. The summed E-state index contributed by atoms with van der Waals surface area (Å²) in [5, 5.41) is 6.67. The van der Waals surface area contributed by atoms with Crippen LogP contribution in [0.5, 0.6) is 0 Å². The number of nitrogens with one attached hydrogen (secondary N) is 2. The van der Waals surface area contributed by atoms with Gasteiger partial charge >= 0.3 is 0 Å². The normalized spacial score (nSPS) is 18.9. The number of carbonyl (C=O) groups excluding carboxylic acids is 2. The smallest absolute Gasteiger partial charge is 0.231 e. The largest absolute Gasteiger partial charge is 0.384 e. The van der Waals surface area contributed by atoms with E-state index in [1.807, 2.05) is 4.90 Å². The number of amides is 2. The number of halogens is 3. The molecule has 2 aliphatic rings. The Morgan fingerprint density at radius 2 is 1.93 bits per heavy atom. The molecule has 164 valence electrons. The summed E-state index contributed by atoms with van der Waals surface area (Å²) in [6, 6.07) is 3.38. The number of carbonyl (C=O) groups is 2. The third-order valence-electron chi connectivity index (χ3n) is 5.57. The van der Waals surface area contributed by atoms with Crippen LogP contribution in [0.2, 0.25) is 5.02 Å². The molecule has 0 unspecified atom stereocenters. The molecule has 0 spiro atoms. The predicted molar refractivity (Wildman–Crippen MR) is 118 cm³/mol. The van der Waals surface area contributed by atoms with Crippen LogP contribution in [0.1, 0.15) is 25.7 Å². The number of ether oxygens (including phenoxy) is 1. The zero-order valence-corrected chi connectivity index (χ0v) is 18.9. The van der Waals surface area contributed by atoms with Crippen molar-refractivity contribution in [1.29, 1.82) is 0 Å². The third-order valence-corrected chi connectivity index (χ3v) is 5.79. The van der Waals surface area contributed by atoms with E-state index < -0.39 is 5.41 Å². The number of piperidine rings is 2. The summed E-state index contributed by atoms with van der Waals surface area (Å²) in [5.41, 5.74) is -0.428. The van der Waals surface area contributed by atoms with Crippen LogP contribution < -0.4 is 10.6 Å². The number of hydrogen-bond acceptors (Lipinski definition) is 5. The Morgan fingerprint density at radius 3 is 2.48 bits per heavy atom. The molecule has 0 saturated carbocycles.